The highest BCUT2D eigenvalue weighted by Gasteiger charge is 2.14. The van der Waals surface area contributed by atoms with Crippen LogP contribution in [0.2, 0.25) is 0 Å². The summed E-state index contributed by atoms with van der Waals surface area (Å²) in [6, 6.07) is 3.67. The van der Waals surface area contributed by atoms with Crippen LogP contribution in [-0.2, 0) is 0 Å². The van der Waals surface area contributed by atoms with E-state index in [0.29, 0.717) is 24.1 Å². The molecule has 0 saturated carbocycles. The maximum Gasteiger partial charge on any atom is 0.261 e. The highest BCUT2D eigenvalue weighted by molar-refractivity contribution is 5.69. The van der Waals surface area contributed by atoms with Crippen LogP contribution in [0.3, 0.4) is 0 Å². The molecule has 0 aliphatic heterocycles. The fourth-order valence-corrected chi connectivity index (χ4v) is 1.53. The van der Waals surface area contributed by atoms with Gasteiger partial charge in [-0.15, -0.1) is 0 Å². The summed E-state index contributed by atoms with van der Waals surface area (Å²) in [7, 11) is 1.85. The number of anilines is 1. The van der Waals surface area contributed by atoms with E-state index < -0.39 is 0 Å². The second-order valence-corrected chi connectivity index (χ2v) is 3.67. The van der Waals surface area contributed by atoms with Crippen molar-refractivity contribution < 1.29 is 9.63 Å². The summed E-state index contributed by atoms with van der Waals surface area (Å²) < 4.78 is 5.13. The standard InChI is InChI=1S/C11H14N4O2/c1-8-13-11(17-14-8)9-4-3-5-12-10(9)15(2)6-7-16/h3-5,16H,6-7H2,1-2H3. The first-order valence-corrected chi connectivity index (χ1v) is 5.30. The van der Waals surface area contributed by atoms with Gasteiger partial charge in [-0.1, -0.05) is 5.16 Å². The number of aliphatic hydroxyl groups excluding tert-OH is 1. The molecule has 2 aromatic rings. The van der Waals surface area contributed by atoms with Gasteiger partial charge >= 0.3 is 0 Å². The predicted molar refractivity (Wildman–Crippen MR) is 62.6 cm³/mol. The SMILES string of the molecule is Cc1noc(-c2cccnc2N(C)CCO)n1. The van der Waals surface area contributed by atoms with Crippen molar-refractivity contribution in [2.45, 2.75) is 6.92 Å². The lowest BCUT2D eigenvalue weighted by molar-refractivity contribution is 0.304. The fourth-order valence-electron chi connectivity index (χ4n) is 1.53. The van der Waals surface area contributed by atoms with Gasteiger partial charge in [-0.25, -0.2) is 4.98 Å². The number of rotatable bonds is 4. The fraction of sp³-hybridized carbons (Fsp3) is 0.364. The number of aryl methyl sites for hydroxylation is 1. The number of hydrogen-bond donors (Lipinski definition) is 1. The van der Waals surface area contributed by atoms with Crippen LogP contribution < -0.4 is 4.90 Å². The molecule has 0 aliphatic carbocycles. The zero-order valence-electron chi connectivity index (χ0n) is 9.79. The maximum atomic E-state index is 8.94. The summed E-state index contributed by atoms with van der Waals surface area (Å²) in [6.07, 6.45) is 1.69. The van der Waals surface area contributed by atoms with E-state index in [0.717, 1.165) is 5.56 Å². The van der Waals surface area contributed by atoms with E-state index in [9.17, 15) is 0 Å². The van der Waals surface area contributed by atoms with Gasteiger partial charge in [-0.2, -0.15) is 4.98 Å². The van der Waals surface area contributed by atoms with Gasteiger partial charge in [0, 0.05) is 19.8 Å². The van der Waals surface area contributed by atoms with Gasteiger partial charge < -0.3 is 14.5 Å². The molecule has 0 aromatic carbocycles. The van der Waals surface area contributed by atoms with Gasteiger partial charge in [0.2, 0.25) is 0 Å². The maximum absolute atomic E-state index is 8.94. The number of pyridine rings is 1. The molecule has 0 amide bonds. The number of aromatic nitrogens is 3. The van der Waals surface area contributed by atoms with Gasteiger partial charge in [0.1, 0.15) is 5.82 Å². The predicted octanol–water partition coefficient (Wildman–Crippen LogP) is 0.869. The molecule has 17 heavy (non-hydrogen) atoms. The van der Waals surface area contributed by atoms with Crippen molar-refractivity contribution in [3.8, 4) is 11.5 Å². The van der Waals surface area contributed by atoms with Gasteiger partial charge in [0.15, 0.2) is 5.82 Å². The van der Waals surface area contributed by atoms with E-state index in [1.54, 1.807) is 13.1 Å². The lowest BCUT2D eigenvalue weighted by Gasteiger charge is -2.18. The Morgan fingerprint density at radius 3 is 2.94 bits per heavy atom. The quantitative estimate of drug-likeness (QED) is 0.846. The zero-order chi connectivity index (χ0) is 12.3. The van der Waals surface area contributed by atoms with E-state index in [1.807, 2.05) is 24.1 Å². The zero-order valence-corrected chi connectivity index (χ0v) is 9.79. The minimum Gasteiger partial charge on any atom is -0.395 e. The molecule has 1 N–H and O–H groups in total. The Balaban J connectivity index is 2.40. The summed E-state index contributed by atoms with van der Waals surface area (Å²) >= 11 is 0. The first-order valence-electron chi connectivity index (χ1n) is 5.30. The minimum atomic E-state index is 0.0649. The molecule has 6 nitrogen and oxygen atoms in total. The average molecular weight is 234 g/mol. The Morgan fingerprint density at radius 1 is 1.47 bits per heavy atom. The van der Waals surface area contributed by atoms with Crippen molar-refractivity contribution in [2.24, 2.45) is 0 Å². The lowest BCUT2D eigenvalue weighted by Crippen LogP contribution is -2.22. The van der Waals surface area contributed by atoms with Gasteiger partial charge in [0.25, 0.3) is 5.89 Å². The van der Waals surface area contributed by atoms with E-state index in [2.05, 4.69) is 15.1 Å². The van der Waals surface area contributed by atoms with E-state index in [1.165, 1.54) is 0 Å². The molecule has 0 unspecified atom stereocenters. The van der Waals surface area contributed by atoms with Crippen molar-refractivity contribution in [3.63, 3.8) is 0 Å². The Kier molecular flexibility index (Phi) is 3.34. The van der Waals surface area contributed by atoms with E-state index in [-0.39, 0.29) is 6.61 Å². The molecular weight excluding hydrogens is 220 g/mol. The minimum absolute atomic E-state index is 0.0649. The summed E-state index contributed by atoms with van der Waals surface area (Å²) in [6.45, 7) is 2.33. The van der Waals surface area contributed by atoms with Gasteiger partial charge in [0.05, 0.1) is 12.2 Å². The molecule has 2 aromatic heterocycles. The third-order valence-electron chi connectivity index (χ3n) is 2.34. The molecule has 0 saturated heterocycles. The van der Waals surface area contributed by atoms with Gasteiger partial charge in [-0.3, -0.25) is 0 Å². The monoisotopic (exact) mass is 234 g/mol. The second kappa shape index (κ2) is 4.92. The van der Waals surface area contributed by atoms with Crippen molar-refractivity contribution in [1.82, 2.24) is 15.1 Å². The highest BCUT2D eigenvalue weighted by atomic mass is 16.5. The van der Waals surface area contributed by atoms with Crippen LogP contribution in [0.25, 0.3) is 11.5 Å². The Bertz CT molecular complexity index is 498. The second-order valence-electron chi connectivity index (χ2n) is 3.67. The van der Waals surface area contributed by atoms with Crippen molar-refractivity contribution in [3.05, 3.63) is 24.2 Å². The normalized spacial score (nSPS) is 10.5. The number of nitrogens with zero attached hydrogens (tertiary/aromatic N) is 4. The van der Waals surface area contributed by atoms with E-state index >= 15 is 0 Å². The topological polar surface area (TPSA) is 75.3 Å². The molecule has 6 heteroatoms. The summed E-state index contributed by atoms with van der Waals surface area (Å²) in [5.74, 6) is 1.74. The lowest BCUT2D eigenvalue weighted by atomic mass is 10.2. The van der Waals surface area contributed by atoms with Crippen LogP contribution >= 0.6 is 0 Å². The van der Waals surface area contributed by atoms with Crippen molar-refractivity contribution in [2.75, 3.05) is 25.1 Å². The molecule has 0 bridgehead atoms. The van der Waals surface area contributed by atoms with Crippen LogP contribution in [0.5, 0.6) is 0 Å². The molecule has 2 rings (SSSR count). The largest absolute Gasteiger partial charge is 0.395 e. The Hall–Kier alpha value is -1.95. The molecule has 0 spiro atoms. The van der Waals surface area contributed by atoms with Crippen molar-refractivity contribution in [1.29, 1.82) is 0 Å². The highest BCUT2D eigenvalue weighted by Crippen LogP contribution is 2.26. The van der Waals surface area contributed by atoms with Crippen LogP contribution in [0, 0.1) is 6.92 Å². The first-order chi connectivity index (χ1) is 8.22. The molecule has 2 heterocycles. The summed E-state index contributed by atoms with van der Waals surface area (Å²) in [5, 5.41) is 12.7. The Morgan fingerprint density at radius 2 is 2.29 bits per heavy atom. The number of hydrogen-bond acceptors (Lipinski definition) is 6. The molecular formula is C11H14N4O2. The average Bonchev–Trinajstić information content (AvgIpc) is 2.76. The van der Waals surface area contributed by atoms with Crippen molar-refractivity contribution >= 4 is 5.82 Å². The van der Waals surface area contributed by atoms with Crippen LogP contribution in [0.4, 0.5) is 5.82 Å². The molecule has 0 aliphatic rings. The number of likely N-dealkylation sites (N-methyl/N-ethyl adjacent to an activating group) is 1. The summed E-state index contributed by atoms with van der Waals surface area (Å²) in [5.41, 5.74) is 0.768. The third kappa shape index (κ3) is 2.42. The van der Waals surface area contributed by atoms with Gasteiger partial charge in [-0.05, 0) is 19.1 Å². The molecule has 90 valence electrons. The third-order valence-corrected chi connectivity index (χ3v) is 2.34. The first kappa shape index (κ1) is 11.5. The van der Waals surface area contributed by atoms with Crippen LogP contribution in [-0.4, -0.2) is 40.4 Å². The smallest absolute Gasteiger partial charge is 0.261 e. The summed E-state index contributed by atoms with van der Waals surface area (Å²) in [4.78, 5) is 10.3. The van der Waals surface area contributed by atoms with E-state index in [4.69, 9.17) is 9.63 Å². The Labute approximate surface area is 98.9 Å². The van der Waals surface area contributed by atoms with Crippen LogP contribution in [0.1, 0.15) is 5.82 Å². The molecule has 0 fully saturated rings. The number of aliphatic hydroxyl groups is 1. The van der Waals surface area contributed by atoms with Crippen LogP contribution in [0.15, 0.2) is 22.9 Å². The molecule has 0 radical (unpaired) electrons. The molecule has 0 atom stereocenters.